The fourth-order valence-corrected chi connectivity index (χ4v) is 3.71. The summed E-state index contributed by atoms with van der Waals surface area (Å²) in [6.07, 6.45) is 1.64. The molecule has 0 saturated heterocycles. The molecule has 176 valence electrons. The molecule has 0 aliphatic rings. The molecule has 3 aromatic carbocycles. The molecule has 0 radical (unpaired) electrons. The first-order valence-corrected chi connectivity index (χ1v) is 11.4. The molecule has 5 aromatic rings. The Bertz CT molecular complexity index is 1540. The number of ether oxygens (including phenoxy) is 1. The van der Waals surface area contributed by atoms with E-state index in [2.05, 4.69) is 10.3 Å². The molecule has 2 heterocycles. The second-order valence-electron chi connectivity index (χ2n) is 8.20. The normalized spacial score (nSPS) is 10.7. The first-order chi connectivity index (χ1) is 17.6. The Morgan fingerprint density at radius 1 is 0.778 bits per heavy atom. The number of pyridine rings is 1. The largest absolute Gasteiger partial charge is 0.452 e. The number of hydrogen-bond donors (Lipinski definition) is 1. The molecule has 7 nitrogen and oxygen atoms in total. The van der Waals surface area contributed by atoms with Gasteiger partial charge in [0.1, 0.15) is 5.82 Å². The second kappa shape index (κ2) is 10.1. The summed E-state index contributed by atoms with van der Waals surface area (Å²) in [5.74, 6) is -0.705. The summed E-state index contributed by atoms with van der Waals surface area (Å²) in [5, 5.41) is 2.60. The van der Waals surface area contributed by atoms with Crippen LogP contribution < -0.4 is 5.32 Å². The van der Waals surface area contributed by atoms with Gasteiger partial charge in [-0.25, -0.2) is 19.7 Å². The number of nitrogens with zero attached hydrogens (tertiary/aromatic N) is 3. The van der Waals surface area contributed by atoms with Crippen LogP contribution in [0.1, 0.15) is 15.9 Å². The SMILES string of the molecule is Cc1ccc(NC(=O)COC(=O)c2ccc3nc(-c4ccccc4)c(-c4ccccc4)nc3c2)nc1. The van der Waals surface area contributed by atoms with Crippen LogP contribution in [0.15, 0.2) is 97.2 Å². The van der Waals surface area contributed by atoms with Gasteiger partial charge in [0.25, 0.3) is 5.91 Å². The average molecular weight is 475 g/mol. The van der Waals surface area contributed by atoms with Crippen LogP contribution in [0.2, 0.25) is 0 Å². The van der Waals surface area contributed by atoms with Gasteiger partial charge in [-0.05, 0) is 36.8 Å². The highest BCUT2D eigenvalue weighted by molar-refractivity contribution is 5.97. The summed E-state index contributed by atoms with van der Waals surface area (Å²) >= 11 is 0. The Morgan fingerprint density at radius 3 is 2.03 bits per heavy atom. The van der Waals surface area contributed by atoms with Crippen LogP contribution in [0, 0.1) is 6.92 Å². The van der Waals surface area contributed by atoms with Gasteiger partial charge in [0.15, 0.2) is 6.61 Å². The van der Waals surface area contributed by atoms with Gasteiger partial charge in [-0.3, -0.25) is 4.79 Å². The molecule has 0 aliphatic heterocycles. The zero-order chi connectivity index (χ0) is 24.9. The first kappa shape index (κ1) is 22.9. The topological polar surface area (TPSA) is 94.1 Å². The number of anilines is 1. The molecule has 0 spiro atoms. The zero-order valence-corrected chi connectivity index (χ0v) is 19.5. The van der Waals surface area contributed by atoms with Crippen molar-refractivity contribution < 1.29 is 14.3 Å². The summed E-state index contributed by atoms with van der Waals surface area (Å²) in [5.41, 5.74) is 5.79. The fourth-order valence-electron chi connectivity index (χ4n) is 3.71. The number of aryl methyl sites for hydroxylation is 1. The van der Waals surface area contributed by atoms with Gasteiger partial charge in [0.2, 0.25) is 0 Å². The number of amides is 1. The average Bonchev–Trinajstić information content (AvgIpc) is 2.93. The molecular weight excluding hydrogens is 452 g/mol. The number of fused-ring (bicyclic) bond motifs is 1. The predicted octanol–water partition coefficient (Wildman–Crippen LogP) is 5.46. The monoisotopic (exact) mass is 474 g/mol. The van der Waals surface area contributed by atoms with Crippen LogP contribution in [0.3, 0.4) is 0 Å². The summed E-state index contributed by atoms with van der Waals surface area (Å²) in [6, 6.07) is 28.1. The Hall–Kier alpha value is -4.91. The van der Waals surface area contributed by atoms with Crippen LogP contribution in [0.5, 0.6) is 0 Å². The maximum Gasteiger partial charge on any atom is 0.338 e. The minimum Gasteiger partial charge on any atom is -0.452 e. The van der Waals surface area contributed by atoms with E-state index in [1.165, 1.54) is 0 Å². The molecule has 0 bridgehead atoms. The van der Waals surface area contributed by atoms with Gasteiger partial charge in [-0.2, -0.15) is 0 Å². The number of carbonyl (C=O) groups excluding carboxylic acids is 2. The maximum atomic E-state index is 12.7. The number of benzene rings is 3. The Labute approximate surface area is 207 Å². The summed E-state index contributed by atoms with van der Waals surface area (Å²) < 4.78 is 5.22. The molecular formula is C29H22N4O3. The zero-order valence-electron chi connectivity index (χ0n) is 19.5. The van der Waals surface area contributed by atoms with E-state index < -0.39 is 18.5 Å². The predicted molar refractivity (Wildman–Crippen MR) is 138 cm³/mol. The fraction of sp³-hybridized carbons (Fsp3) is 0.0690. The van der Waals surface area contributed by atoms with Gasteiger partial charge in [-0.15, -0.1) is 0 Å². The summed E-state index contributed by atoms with van der Waals surface area (Å²) in [4.78, 5) is 38.7. The van der Waals surface area contributed by atoms with Crippen LogP contribution >= 0.6 is 0 Å². The van der Waals surface area contributed by atoms with Gasteiger partial charge >= 0.3 is 5.97 Å². The van der Waals surface area contributed by atoms with Crippen molar-refractivity contribution >= 4 is 28.7 Å². The van der Waals surface area contributed by atoms with Crippen molar-refractivity contribution in [2.45, 2.75) is 6.92 Å². The number of carbonyl (C=O) groups is 2. The molecule has 0 fully saturated rings. The number of esters is 1. The number of nitrogens with one attached hydrogen (secondary N) is 1. The van der Waals surface area contributed by atoms with E-state index in [1.54, 1.807) is 30.5 Å². The molecule has 0 aliphatic carbocycles. The van der Waals surface area contributed by atoms with E-state index >= 15 is 0 Å². The van der Waals surface area contributed by atoms with Crippen molar-refractivity contribution in [1.82, 2.24) is 15.0 Å². The smallest absolute Gasteiger partial charge is 0.338 e. The van der Waals surface area contributed by atoms with E-state index in [1.807, 2.05) is 73.7 Å². The molecule has 1 N–H and O–H groups in total. The molecule has 1 amide bonds. The van der Waals surface area contributed by atoms with E-state index in [4.69, 9.17) is 14.7 Å². The van der Waals surface area contributed by atoms with Gasteiger partial charge in [0.05, 0.1) is 28.0 Å². The van der Waals surface area contributed by atoms with Gasteiger partial charge in [-0.1, -0.05) is 66.7 Å². The highest BCUT2D eigenvalue weighted by Gasteiger charge is 2.16. The Balaban J connectivity index is 1.40. The Kier molecular flexibility index (Phi) is 6.44. The van der Waals surface area contributed by atoms with Crippen molar-refractivity contribution in [2.75, 3.05) is 11.9 Å². The molecule has 2 aromatic heterocycles. The summed E-state index contributed by atoms with van der Waals surface area (Å²) in [7, 11) is 0. The van der Waals surface area contributed by atoms with E-state index in [-0.39, 0.29) is 5.56 Å². The molecule has 36 heavy (non-hydrogen) atoms. The van der Waals surface area contributed by atoms with Crippen LogP contribution in [0.4, 0.5) is 5.82 Å². The van der Waals surface area contributed by atoms with Crippen LogP contribution in [-0.2, 0) is 9.53 Å². The third-order valence-corrected chi connectivity index (χ3v) is 5.51. The standard InChI is InChI=1S/C29H22N4O3/c1-19-12-15-25(30-17-19)33-26(34)18-36-29(35)22-13-14-23-24(16-22)32-28(21-10-6-3-7-11-21)27(31-23)20-8-4-2-5-9-20/h2-17H,18H2,1H3,(H,30,33,34). The first-order valence-electron chi connectivity index (χ1n) is 11.4. The third-order valence-electron chi connectivity index (χ3n) is 5.51. The van der Waals surface area contributed by atoms with E-state index in [0.29, 0.717) is 22.5 Å². The lowest BCUT2D eigenvalue weighted by atomic mass is 10.0. The lowest BCUT2D eigenvalue weighted by molar-refractivity contribution is -0.119. The van der Waals surface area contributed by atoms with Crippen LogP contribution in [0.25, 0.3) is 33.5 Å². The minimum absolute atomic E-state index is 0.282. The van der Waals surface area contributed by atoms with Crippen molar-refractivity contribution in [3.63, 3.8) is 0 Å². The molecule has 5 rings (SSSR count). The molecule has 0 unspecified atom stereocenters. The lowest BCUT2D eigenvalue weighted by Crippen LogP contribution is -2.21. The van der Waals surface area contributed by atoms with Gasteiger partial charge < -0.3 is 10.1 Å². The van der Waals surface area contributed by atoms with E-state index in [9.17, 15) is 9.59 Å². The number of rotatable bonds is 6. The van der Waals surface area contributed by atoms with E-state index in [0.717, 1.165) is 22.4 Å². The van der Waals surface area contributed by atoms with Crippen molar-refractivity contribution in [1.29, 1.82) is 0 Å². The third kappa shape index (κ3) is 5.10. The lowest BCUT2D eigenvalue weighted by Gasteiger charge is -2.11. The molecule has 0 atom stereocenters. The minimum atomic E-state index is -0.626. The van der Waals surface area contributed by atoms with Gasteiger partial charge in [0, 0.05) is 17.3 Å². The second-order valence-corrected chi connectivity index (χ2v) is 8.20. The molecule has 7 heteroatoms. The van der Waals surface area contributed by atoms with Crippen LogP contribution in [-0.4, -0.2) is 33.4 Å². The highest BCUT2D eigenvalue weighted by atomic mass is 16.5. The quantitative estimate of drug-likeness (QED) is 0.328. The van der Waals surface area contributed by atoms with Crippen molar-refractivity contribution in [2.24, 2.45) is 0 Å². The number of hydrogen-bond acceptors (Lipinski definition) is 6. The maximum absolute atomic E-state index is 12.7. The van der Waals surface area contributed by atoms with Crippen molar-refractivity contribution in [3.05, 3.63) is 108 Å². The molecule has 0 saturated carbocycles. The summed E-state index contributed by atoms with van der Waals surface area (Å²) in [6.45, 7) is 1.47. The van der Waals surface area contributed by atoms with Crippen molar-refractivity contribution in [3.8, 4) is 22.5 Å². The Morgan fingerprint density at radius 2 is 1.42 bits per heavy atom. The highest BCUT2D eigenvalue weighted by Crippen LogP contribution is 2.31. The number of aromatic nitrogens is 3.